The van der Waals surface area contributed by atoms with Crippen molar-refractivity contribution < 1.29 is 46.5 Å². The highest BCUT2D eigenvalue weighted by Crippen LogP contribution is 2.48. The number of alkyl halides is 3. The van der Waals surface area contributed by atoms with E-state index in [0.717, 1.165) is 12.1 Å². The minimum atomic E-state index is -5.29. The predicted molar refractivity (Wildman–Crippen MR) is 150 cm³/mol. The fraction of sp³-hybridized carbons (Fsp3) is 0.367. The van der Waals surface area contributed by atoms with Crippen molar-refractivity contribution in [2.45, 2.75) is 43.6 Å². The van der Waals surface area contributed by atoms with E-state index in [4.69, 9.17) is 25.8 Å². The molecule has 0 aliphatic carbocycles. The minimum Gasteiger partial charge on any atom is -0.493 e. The molecule has 9 nitrogen and oxygen atoms in total. The molecule has 0 spiro atoms. The number of aromatic nitrogens is 1. The average molecular weight is 638 g/mol. The van der Waals surface area contributed by atoms with Gasteiger partial charge in [-0.3, -0.25) is 9.59 Å². The number of amides is 2. The molecule has 5 rings (SSSR count). The fourth-order valence-corrected chi connectivity index (χ4v) is 5.13. The zero-order valence-electron chi connectivity index (χ0n) is 23.8. The summed E-state index contributed by atoms with van der Waals surface area (Å²) in [4.78, 5) is 29.0. The van der Waals surface area contributed by atoms with Crippen LogP contribution in [0.15, 0.2) is 42.5 Å². The Hall–Kier alpha value is -4.10. The summed E-state index contributed by atoms with van der Waals surface area (Å²) in [6, 6.07) is 8.53. The van der Waals surface area contributed by atoms with Crippen molar-refractivity contribution in [3.8, 4) is 28.5 Å². The van der Waals surface area contributed by atoms with Crippen molar-refractivity contribution in [1.82, 2.24) is 15.6 Å². The van der Waals surface area contributed by atoms with E-state index in [1.165, 1.54) is 37.4 Å². The van der Waals surface area contributed by atoms with Gasteiger partial charge in [0.25, 0.3) is 11.8 Å². The van der Waals surface area contributed by atoms with Crippen LogP contribution in [0, 0.1) is 5.82 Å². The van der Waals surface area contributed by atoms with Crippen molar-refractivity contribution in [3.05, 3.63) is 70.1 Å². The van der Waals surface area contributed by atoms with Crippen molar-refractivity contribution in [3.63, 3.8) is 0 Å². The van der Waals surface area contributed by atoms with Gasteiger partial charge in [0.1, 0.15) is 17.3 Å². The number of carbonyl (C=O) groups is 2. The van der Waals surface area contributed by atoms with E-state index in [9.17, 15) is 32.3 Å². The van der Waals surface area contributed by atoms with Crippen LogP contribution in [0.5, 0.6) is 17.2 Å². The molecule has 0 radical (unpaired) electrons. The zero-order valence-corrected chi connectivity index (χ0v) is 24.5. The number of halogens is 5. The number of benzene rings is 2. The zero-order chi connectivity index (χ0) is 32.0. The highest BCUT2D eigenvalue weighted by Gasteiger charge is 2.57. The van der Waals surface area contributed by atoms with E-state index in [2.05, 4.69) is 15.6 Å². The van der Waals surface area contributed by atoms with Crippen LogP contribution in [-0.4, -0.2) is 61.0 Å². The van der Waals surface area contributed by atoms with Gasteiger partial charge in [-0.15, -0.1) is 0 Å². The molecule has 3 heterocycles. The molecule has 2 atom stereocenters. The van der Waals surface area contributed by atoms with Crippen molar-refractivity contribution in [1.29, 1.82) is 0 Å². The molecule has 44 heavy (non-hydrogen) atoms. The van der Waals surface area contributed by atoms with Gasteiger partial charge in [0.15, 0.2) is 17.6 Å². The molecule has 2 aromatic carbocycles. The molecule has 14 heteroatoms. The topological polar surface area (TPSA) is 119 Å². The maximum Gasteiger partial charge on any atom is 0.424 e. The van der Waals surface area contributed by atoms with Gasteiger partial charge >= 0.3 is 6.18 Å². The van der Waals surface area contributed by atoms with Gasteiger partial charge in [-0.2, -0.15) is 13.2 Å². The Morgan fingerprint density at radius 3 is 2.59 bits per heavy atom. The standard InChI is InChI=1S/C30H28ClF4N3O6/c1-28(2)14-43-25-17(28)12-23(38-24(25)15-4-6-19(32)18(31)10-15)29(41,30(33,34)35)13-37-26(39)16-5-7-20(22(11-16)42-3)44-21-8-9-36-27(21)40/h4-7,10-12,21,41H,8-9,13-14H2,1-3H3,(H,36,40)(H,37,39)/t21-,29?/m1/s1. The Labute approximate surface area is 254 Å². The second kappa shape index (κ2) is 11.4. The normalized spacial score (nSPS) is 18.6. The summed E-state index contributed by atoms with van der Waals surface area (Å²) in [7, 11) is 1.30. The number of aliphatic hydroxyl groups is 1. The minimum absolute atomic E-state index is 0.0738. The van der Waals surface area contributed by atoms with Crippen LogP contribution >= 0.6 is 11.6 Å². The summed E-state index contributed by atoms with van der Waals surface area (Å²) >= 11 is 5.94. The number of ether oxygens (including phenoxy) is 3. The molecule has 3 aromatic rings. The van der Waals surface area contributed by atoms with Crippen LogP contribution in [0.2, 0.25) is 5.02 Å². The van der Waals surface area contributed by atoms with Gasteiger partial charge in [-0.1, -0.05) is 25.4 Å². The Kier molecular flexibility index (Phi) is 8.14. The first-order chi connectivity index (χ1) is 20.6. The fourth-order valence-electron chi connectivity index (χ4n) is 4.95. The molecule has 0 saturated carbocycles. The first-order valence-electron chi connectivity index (χ1n) is 13.5. The quantitative estimate of drug-likeness (QED) is 0.307. The molecule has 0 bridgehead atoms. The highest BCUT2D eigenvalue weighted by molar-refractivity contribution is 6.31. The van der Waals surface area contributed by atoms with Gasteiger partial charge < -0.3 is 30.0 Å². The van der Waals surface area contributed by atoms with Gasteiger partial charge in [-0.05, 0) is 42.5 Å². The Morgan fingerprint density at radius 2 is 1.95 bits per heavy atom. The van der Waals surface area contributed by atoms with E-state index < -0.39 is 47.3 Å². The number of nitrogens with zero attached hydrogens (tertiary/aromatic N) is 1. The lowest BCUT2D eigenvalue weighted by Gasteiger charge is -2.31. The Bertz CT molecular complexity index is 1630. The molecular weight excluding hydrogens is 610 g/mol. The number of pyridine rings is 1. The van der Waals surface area contributed by atoms with Crippen LogP contribution in [0.25, 0.3) is 11.3 Å². The summed E-state index contributed by atoms with van der Waals surface area (Å²) < 4.78 is 74.5. The number of rotatable bonds is 8. The third-order valence-corrected chi connectivity index (χ3v) is 7.85. The van der Waals surface area contributed by atoms with Crippen LogP contribution < -0.4 is 24.8 Å². The van der Waals surface area contributed by atoms with Crippen LogP contribution in [-0.2, 0) is 15.8 Å². The summed E-state index contributed by atoms with van der Waals surface area (Å²) in [5.74, 6) is -1.57. The Morgan fingerprint density at radius 1 is 1.20 bits per heavy atom. The number of nitrogens with one attached hydrogen (secondary N) is 2. The van der Waals surface area contributed by atoms with Crippen LogP contribution in [0.3, 0.4) is 0 Å². The molecule has 234 valence electrons. The summed E-state index contributed by atoms with van der Waals surface area (Å²) in [6.07, 6.45) is -5.62. The molecule has 1 aromatic heterocycles. The summed E-state index contributed by atoms with van der Waals surface area (Å²) in [5.41, 5.74) is -4.86. The first-order valence-corrected chi connectivity index (χ1v) is 13.9. The molecule has 2 aliphatic rings. The average Bonchev–Trinajstić information content (AvgIpc) is 3.53. The maximum atomic E-state index is 14.6. The second-order valence-corrected chi connectivity index (χ2v) is 11.5. The van der Waals surface area contributed by atoms with Crippen molar-refractivity contribution in [2.75, 3.05) is 26.8 Å². The third-order valence-electron chi connectivity index (χ3n) is 7.56. The van der Waals surface area contributed by atoms with Crippen LogP contribution in [0.4, 0.5) is 17.6 Å². The van der Waals surface area contributed by atoms with Gasteiger partial charge in [0.2, 0.25) is 5.60 Å². The van der Waals surface area contributed by atoms with Crippen molar-refractivity contribution in [2.24, 2.45) is 0 Å². The predicted octanol–water partition coefficient (Wildman–Crippen LogP) is 4.67. The van der Waals surface area contributed by atoms with E-state index in [1.54, 1.807) is 13.8 Å². The monoisotopic (exact) mass is 637 g/mol. The molecule has 2 aliphatic heterocycles. The molecular formula is C30H28ClF4N3O6. The highest BCUT2D eigenvalue weighted by atomic mass is 35.5. The largest absolute Gasteiger partial charge is 0.493 e. The van der Waals surface area contributed by atoms with Crippen molar-refractivity contribution >= 4 is 23.4 Å². The third kappa shape index (κ3) is 5.73. The maximum absolute atomic E-state index is 14.6. The summed E-state index contributed by atoms with van der Waals surface area (Å²) in [6.45, 7) is 2.76. The number of methoxy groups -OCH3 is 1. The molecule has 1 unspecified atom stereocenters. The smallest absolute Gasteiger partial charge is 0.424 e. The molecule has 1 saturated heterocycles. The lowest BCUT2D eigenvalue weighted by atomic mass is 9.84. The van der Waals surface area contributed by atoms with Gasteiger partial charge in [0, 0.05) is 35.1 Å². The number of hydrogen-bond acceptors (Lipinski definition) is 7. The lowest BCUT2D eigenvalue weighted by Crippen LogP contribution is -2.51. The van der Waals surface area contributed by atoms with E-state index in [-0.39, 0.29) is 51.6 Å². The van der Waals surface area contributed by atoms with E-state index in [1.807, 2.05) is 0 Å². The molecule has 1 fully saturated rings. The second-order valence-electron chi connectivity index (χ2n) is 11.1. The Balaban J connectivity index is 1.47. The van der Waals surface area contributed by atoms with Crippen LogP contribution in [0.1, 0.15) is 41.9 Å². The summed E-state index contributed by atoms with van der Waals surface area (Å²) in [5, 5.41) is 15.7. The number of carbonyl (C=O) groups excluding carboxylic acids is 2. The van der Waals surface area contributed by atoms with E-state index in [0.29, 0.717) is 18.5 Å². The van der Waals surface area contributed by atoms with Gasteiger partial charge in [-0.25, -0.2) is 9.37 Å². The molecule has 3 N–H and O–H groups in total. The SMILES string of the molecule is COc1cc(C(=O)NCC(O)(c2cc3c(c(-c4ccc(F)c(Cl)c4)n2)OCC3(C)C)C(F)(F)F)ccc1O[C@@H]1CCNC1=O. The lowest BCUT2D eigenvalue weighted by molar-refractivity contribution is -0.265. The number of hydrogen-bond donors (Lipinski definition) is 3. The number of fused-ring (bicyclic) bond motifs is 1. The first kappa shape index (κ1) is 31.3. The van der Waals surface area contributed by atoms with E-state index >= 15 is 0 Å². The molecule has 2 amide bonds. The van der Waals surface area contributed by atoms with Gasteiger partial charge in [0.05, 0.1) is 31.0 Å².